The number of halogens is 1. The number of nitrogens with zero attached hydrogens (tertiary/aromatic N) is 4. The van der Waals surface area contributed by atoms with Crippen molar-refractivity contribution in [3.8, 4) is 11.1 Å². The summed E-state index contributed by atoms with van der Waals surface area (Å²) in [6.45, 7) is 11.6. The molecule has 4 heterocycles. The van der Waals surface area contributed by atoms with E-state index in [1.807, 2.05) is 42.8 Å². The molecule has 2 aromatic carbocycles. The third-order valence-corrected chi connectivity index (χ3v) is 10.0. The van der Waals surface area contributed by atoms with Crippen LogP contribution in [0.2, 0.25) is 0 Å². The Morgan fingerprint density at radius 3 is 2.51 bits per heavy atom. The Hall–Kier alpha value is -4.47. The van der Waals surface area contributed by atoms with Crippen molar-refractivity contribution in [2.24, 2.45) is 0 Å². The zero-order valence-corrected chi connectivity index (χ0v) is 30.7. The molecule has 2 saturated heterocycles. The molecule has 3 atom stereocenters. The molecule has 0 spiro atoms. The molecule has 2 fully saturated rings. The number of pyridine rings is 1. The summed E-state index contributed by atoms with van der Waals surface area (Å²) in [5, 5.41) is 39.1. The van der Waals surface area contributed by atoms with Gasteiger partial charge in [0.15, 0.2) is 17.9 Å². The second-order valence-corrected chi connectivity index (χ2v) is 13.9. The Kier molecular flexibility index (Phi) is 12.7. The number of hydrogen-bond donors (Lipinski definition) is 6. The van der Waals surface area contributed by atoms with Crippen molar-refractivity contribution in [3.05, 3.63) is 76.9 Å². The predicted octanol–water partition coefficient (Wildman–Crippen LogP) is 2.86. The molecule has 2 aliphatic heterocycles. The summed E-state index contributed by atoms with van der Waals surface area (Å²) < 4.78 is 22.4. The van der Waals surface area contributed by atoms with Gasteiger partial charge in [0.2, 0.25) is 0 Å². The van der Waals surface area contributed by atoms with E-state index >= 15 is 4.39 Å². The number of amides is 2. The molecule has 0 bridgehead atoms. The molecule has 0 aliphatic carbocycles. The van der Waals surface area contributed by atoms with Crippen LogP contribution in [0.3, 0.4) is 0 Å². The molecule has 284 valence electrons. The smallest absolute Gasteiger partial charge is 0.252 e. The molecule has 2 aromatic heterocycles. The van der Waals surface area contributed by atoms with Crippen LogP contribution in [-0.4, -0.2) is 98.8 Å². The molecule has 6 rings (SSSR count). The number of aromatic nitrogens is 3. The highest BCUT2D eigenvalue weighted by Gasteiger charge is 2.31. The van der Waals surface area contributed by atoms with Gasteiger partial charge in [0, 0.05) is 87.9 Å². The molecule has 2 aliphatic rings. The number of carbonyl (C=O) groups is 2. The van der Waals surface area contributed by atoms with Crippen molar-refractivity contribution in [3.63, 3.8) is 0 Å². The SMILES string of the molecule is CCc1nc2c(cnn2CC)c(NC2CCOCC2)c1CNC(=O)C(O)C(O)C(=O)NCc1ccc(F)c(-c2cccc(CN3CCN[C@@H](C)C3)c2)c1. The van der Waals surface area contributed by atoms with E-state index in [0.29, 0.717) is 43.3 Å². The summed E-state index contributed by atoms with van der Waals surface area (Å²) in [7, 11) is 0. The van der Waals surface area contributed by atoms with E-state index in [4.69, 9.17) is 9.72 Å². The maximum atomic E-state index is 15.1. The van der Waals surface area contributed by atoms with Crippen LogP contribution in [0.15, 0.2) is 48.7 Å². The molecular weight excluding hydrogens is 679 g/mol. The highest BCUT2D eigenvalue weighted by molar-refractivity contribution is 5.93. The van der Waals surface area contributed by atoms with Crippen LogP contribution < -0.4 is 21.3 Å². The third-order valence-electron chi connectivity index (χ3n) is 10.0. The summed E-state index contributed by atoms with van der Waals surface area (Å²) in [6.07, 6.45) is -0.0791. The number of benzene rings is 2. The van der Waals surface area contributed by atoms with Gasteiger partial charge in [0.1, 0.15) is 5.82 Å². The maximum Gasteiger partial charge on any atom is 0.252 e. The van der Waals surface area contributed by atoms with Gasteiger partial charge < -0.3 is 36.2 Å². The van der Waals surface area contributed by atoms with E-state index in [1.165, 1.54) is 6.07 Å². The molecule has 6 N–H and O–H groups in total. The summed E-state index contributed by atoms with van der Waals surface area (Å²) in [5.41, 5.74) is 5.83. The zero-order valence-electron chi connectivity index (χ0n) is 30.7. The van der Waals surface area contributed by atoms with Gasteiger partial charge in [0.25, 0.3) is 11.8 Å². The Morgan fingerprint density at radius 2 is 1.79 bits per heavy atom. The fourth-order valence-electron chi connectivity index (χ4n) is 7.12. The van der Waals surface area contributed by atoms with Crippen LogP contribution in [0.25, 0.3) is 22.2 Å². The predicted molar refractivity (Wildman–Crippen MR) is 200 cm³/mol. The van der Waals surface area contributed by atoms with Crippen LogP contribution in [0.4, 0.5) is 10.1 Å². The van der Waals surface area contributed by atoms with Gasteiger partial charge >= 0.3 is 0 Å². The Labute approximate surface area is 309 Å². The van der Waals surface area contributed by atoms with Gasteiger partial charge in [-0.3, -0.25) is 14.5 Å². The standard InChI is InChI=1S/C39H51FN8O5/c1-4-33-30(34(45-28-11-15-53-16-12-28)31-21-44-48(5-2)37(31)46-33)20-43-39(52)36(50)35(49)38(51)42-19-25-9-10-32(40)29(18-25)27-8-6-7-26(17-27)23-47-14-13-41-24(3)22-47/h6-10,17-18,21,24,28,35-36,41,49-50H,4-5,11-16,19-20,22-23H2,1-3H3,(H,42,51)(H,43,52)(H,45,46)/t24-,35?,36?/m0/s1. The number of nitrogens with one attached hydrogen (secondary N) is 4. The Bertz CT molecular complexity index is 1900. The first kappa shape index (κ1) is 38.3. The average molecular weight is 731 g/mol. The second-order valence-electron chi connectivity index (χ2n) is 13.9. The zero-order chi connectivity index (χ0) is 37.5. The lowest BCUT2D eigenvalue weighted by Gasteiger charge is -2.31. The molecule has 2 amide bonds. The number of fused-ring (bicyclic) bond motifs is 1. The van der Waals surface area contributed by atoms with Crippen LogP contribution in [-0.2, 0) is 46.9 Å². The first-order valence-electron chi connectivity index (χ1n) is 18.6. The number of carbonyl (C=O) groups excluding carboxylic acids is 2. The quantitative estimate of drug-likeness (QED) is 0.114. The number of piperazine rings is 1. The topological polar surface area (TPSA) is 166 Å². The lowest BCUT2D eigenvalue weighted by atomic mass is 10.00. The number of anilines is 1. The lowest BCUT2D eigenvalue weighted by molar-refractivity contribution is -0.146. The van der Waals surface area contributed by atoms with E-state index in [1.54, 1.807) is 18.3 Å². The van der Waals surface area contributed by atoms with Crippen LogP contribution in [0.5, 0.6) is 0 Å². The van der Waals surface area contributed by atoms with Crippen molar-refractivity contribution >= 4 is 28.5 Å². The molecule has 13 nitrogen and oxygen atoms in total. The van der Waals surface area contributed by atoms with Crippen molar-refractivity contribution in [1.29, 1.82) is 0 Å². The highest BCUT2D eigenvalue weighted by Crippen LogP contribution is 2.31. The minimum atomic E-state index is -2.03. The average Bonchev–Trinajstić information content (AvgIpc) is 3.59. The van der Waals surface area contributed by atoms with Gasteiger partial charge in [-0.25, -0.2) is 14.1 Å². The van der Waals surface area contributed by atoms with Gasteiger partial charge in [0.05, 0.1) is 17.3 Å². The molecule has 14 heteroatoms. The molecule has 53 heavy (non-hydrogen) atoms. The first-order valence-corrected chi connectivity index (χ1v) is 18.6. The summed E-state index contributed by atoms with van der Waals surface area (Å²) >= 11 is 0. The van der Waals surface area contributed by atoms with E-state index < -0.39 is 29.8 Å². The van der Waals surface area contributed by atoms with Crippen molar-refractivity contribution in [2.45, 2.75) is 90.5 Å². The number of rotatable bonds is 14. The fraction of sp³-hybridized carbons (Fsp3) is 0.487. The molecule has 2 unspecified atom stereocenters. The first-order chi connectivity index (χ1) is 25.6. The Morgan fingerprint density at radius 1 is 1.04 bits per heavy atom. The number of hydrogen-bond acceptors (Lipinski definition) is 10. The fourth-order valence-corrected chi connectivity index (χ4v) is 7.12. The molecule has 0 saturated carbocycles. The largest absolute Gasteiger partial charge is 0.381 e. The number of aliphatic hydroxyl groups excluding tert-OH is 2. The lowest BCUT2D eigenvalue weighted by Crippen LogP contribution is -2.49. The molecular formula is C39H51FN8O5. The van der Waals surface area contributed by atoms with E-state index in [9.17, 15) is 19.8 Å². The van der Waals surface area contributed by atoms with Gasteiger partial charge in [-0.1, -0.05) is 31.2 Å². The normalized spacial score (nSPS) is 18.1. The minimum absolute atomic E-state index is 0.00707. The van der Waals surface area contributed by atoms with Crippen molar-refractivity contribution < 1.29 is 28.9 Å². The number of aryl methyl sites for hydroxylation is 2. The van der Waals surface area contributed by atoms with Gasteiger partial charge in [-0.2, -0.15) is 5.10 Å². The van der Waals surface area contributed by atoms with Crippen LogP contribution in [0.1, 0.15) is 56.0 Å². The van der Waals surface area contributed by atoms with Gasteiger partial charge in [-0.05, 0) is 68.0 Å². The van der Waals surface area contributed by atoms with E-state index in [-0.39, 0.29) is 19.1 Å². The number of ether oxygens (including phenoxy) is 1. The van der Waals surface area contributed by atoms with Crippen molar-refractivity contribution in [1.82, 2.24) is 35.6 Å². The summed E-state index contributed by atoms with van der Waals surface area (Å²) in [6, 6.07) is 12.9. The highest BCUT2D eigenvalue weighted by atomic mass is 19.1. The minimum Gasteiger partial charge on any atom is -0.381 e. The second kappa shape index (κ2) is 17.6. The Balaban J connectivity index is 1.09. The van der Waals surface area contributed by atoms with Gasteiger partial charge in [-0.15, -0.1) is 0 Å². The van der Waals surface area contributed by atoms with Crippen LogP contribution >= 0.6 is 0 Å². The molecule has 0 radical (unpaired) electrons. The maximum absolute atomic E-state index is 15.1. The van der Waals surface area contributed by atoms with Crippen LogP contribution in [0, 0.1) is 5.82 Å². The van der Waals surface area contributed by atoms with Crippen molar-refractivity contribution in [2.75, 3.05) is 38.2 Å². The van der Waals surface area contributed by atoms with E-state index in [2.05, 4.69) is 38.2 Å². The molecule has 4 aromatic rings. The monoisotopic (exact) mass is 730 g/mol. The number of aliphatic hydroxyl groups is 2. The summed E-state index contributed by atoms with van der Waals surface area (Å²) in [4.78, 5) is 33.3. The third kappa shape index (κ3) is 9.19. The van der Waals surface area contributed by atoms with E-state index in [0.717, 1.165) is 78.1 Å². The summed E-state index contributed by atoms with van der Waals surface area (Å²) in [5.74, 6) is -2.24.